The lowest BCUT2D eigenvalue weighted by atomic mass is 9.98. The number of aliphatic hydroxyl groups is 2. The van der Waals surface area contributed by atoms with E-state index in [2.05, 4.69) is 29.6 Å². The minimum absolute atomic E-state index is 0.0102. The molecule has 1 amide bonds. The lowest BCUT2D eigenvalue weighted by Gasteiger charge is -2.20. The molecule has 0 aromatic heterocycles. The third kappa shape index (κ3) is 4.65. The van der Waals surface area contributed by atoms with E-state index >= 15 is 0 Å². The lowest BCUT2D eigenvalue weighted by molar-refractivity contribution is 0.0137. The summed E-state index contributed by atoms with van der Waals surface area (Å²) in [6, 6.07) is 21.6. The number of alkyl carbamates (subject to hydrolysis) is 1. The molecule has 0 heterocycles. The highest BCUT2D eigenvalue weighted by atomic mass is 35.5. The SMILES string of the molecule is Cc1ccc(Cl)c(C(O)C(O)CCNC(=O)OCC2c3ccccc3-c3ccccc32)c1. The number of hydrogen-bond donors (Lipinski definition) is 3. The summed E-state index contributed by atoms with van der Waals surface area (Å²) in [6.45, 7) is 2.28. The monoisotopic (exact) mass is 451 g/mol. The van der Waals surface area contributed by atoms with Gasteiger partial charge in [-0.25, -0.2) is 4.79 Å². The Bertz CT molecular complexity index is 1070. The molecule has 1 aliphatic rings. The molecule has 2 unspecified atom stereocenters. The fraction of sp³-hybridized carbons (Fsp3) is 0.269. The second-order valence-corrected chi connectivity index (χ2v) is 8.49. The number of benzene rings is 3. The summed E-state index contributed by atoms with van der Waals surface area (Å²) in [4.78, 5) is 12.2. The van der Waals surface area contributed by atoms with Gasteiger partial charge in [0.1, 0.15) is 12.7 Å². The molecule has 166 valence electrons. The molecule has 0 bridgehead atoms. The molecule has 0 saturated carbocycles. The van der Waals surface area contributed by atoms with Crippen LogP contribution in [0.5, 0.6) is 0 Å². The predicted octanol–water partition coefficient (Wildman–Crippen LogP) is 4.97. The van der Waals surface area contributed by atoms with E-state index in [-0.39, 0.29) is 25.5 Å². The zero-order valence-corrected chi connectivity index (χ0v) is 18.5. The van der Waals surface area contributed by atoms with Crippen molar-refractivity contribution in [3.05, 3.63) is 94.0 Å². The van der Waals surface area contributed by atoms with E-state index in [1.807, 2.05) is 37.3 Å². The van der Waals surface area contributed by atoms with Gasteiger partial charge in [0.2, 0.25) is 0 Å². The maximum Gasteiger partial charge on any atom is 0.407 e. The van der Waals surface area contributed by atoms with Crippen molar-refractivity contribution in [2.75, 3.05) is 13.2 Å². The van der Waals surface area contributed by atoms with Crippen LogP contribution in [0.3, 0.4) is 0 Å². The molecular weight excluding hydrogens is 426 g/mol. The Kier molecular flexibility index (Phi) is 6.80. The van der Waals surface area contributed by atoms with Crippen LogP contribution < -0.4 is 5.32 Å². The predicted molar refractivity (Wildman–Crippen MR) is 125 cm³/mol. The minimum Gasteiger partial charge on any atom is -0.449 e. The largest absolute Gasteiger partial charge is 0.449 e. The third-order valence-electron chi connectivity index (χ3n) is 5.89. The second kappa shape index (κ2) is 9.74. The van der Waals surface area contributed by atoms with E-state index < -0.39 is 18.3 Å². The van der Waals surface area contributed by atoms with Gasteiger partial charge in [-0.1, -0.05) is 77.8 Å². The van der Waals surface area contributed by atoms with Crippen molar-refractivity contribution in [3.8, 4) is 11.1 Å². The summed E-state index contributed by atoms with van der Waals surface area (Å²) >= 11 is 6.13. The first-order valence-electron chi connectivity index (χ1n) is 10.7. The first-order valence-corrected chi connectivity index (χ1v) is 11.0. The first-order chi connectivity index (χ1) is 15.5. The Balaban J connectivity index is 1.29. The molecule has 4 rings (SSSR count). The Hall–Kier alpha value is -2.86. The highest BCUT2D eigenvalue weighted by Crippen LogP contribution is 2.44. The van der Waals surface area contributed by atoms with E-state index in [9.17, 15) is 15.0 Å². The van der Waals surface area contributed by atoms with Crippen LogP contribution in [0.2, 0.25) is 5.02 Å². The standard InChI is InChI=1S/C26H26ClNO4/c1-16-10-11-23(27)21(14-16)25(30)24(29)12-13-28-26(31)32-15-22-19-8-4-2-6-17(19)18-7-3-5-9-20(18)22/h2-11,14,22,24-25,29-30H,12-13,15H2,1H3,(H,28,31). The Morgan fingerprint density at radius 1 is 1.03 bits per heavy atom. The minimum atomic E-state index is -1.13. The average Bonchev–Trinajstić information content (AvgIpc) is 3.12. The lowest BCUT2D eigenvalue weighted by Crippen LogP contribution is -2.30. The second-order valence-electron chi connectivity index (χ2n) is 8.08. The van der Waals surface area contributed by atoms with E-state index in [0.29, 0.717) is 10.6 Å². The molecular formula is C26H26ClNO4. The molecule has 0 aliphatic heterocycles. The molecule has 32 heavy (non-hydrogen) atoms. The summed E-state index contributed by atoms with van der Waals surface area (Å²) in [5.74, 6) is -0.0102. The molecule has 0 saturated heterocycles. The van der Waals surface area contributed by atoms with Crippen LogP contribution >= 0.6 is 11.6 Å². The van der Waals surface area contributed by atoms with Gasteiger partial charge in [-0.3, -0.25) is 0 Å². The fourth-order valence-electron chi connectivity index (χ4n) is 4.23. The molecule has 0 spiro atoms. The number of aryl methyl sites for hydroxylation is 1. The summed E-state index contributed by atoms with van der Waals surface area (Å²) in [5, 5.41) is 23.8. The maximum atomic E-state index is 12.2. The van der Waals surface area contributed by atoms with E-state index in [1.165, 1.54) is 11.1 Å². The normalized spacial score (nSPS) is 14.4. The molecule has 3 aromatic rings. The van der Waals surface area contributed by atoms with Gasteiger partial charge in [-0.05, 0) is 41.7 Å². The first kappa shape index (κ1) is 22.3. The van der Waals surface area contributed by atoms with Gasteiger partial charge in [-0.2, -0.15) is 0 Å². The van der Waals surface area contributed by atoms with Crippen molar-refractivity contribution >= 4 is 17.7 Å². The van der Waals surface area contributed by atoms with Crippen LogP contribution in [-0.2, 0) is 4.74 Å². The molecule has 3 N–H and O–H groups in total. The number of carbonyl (C=O) groups excluding carboxylic acids is 1. The van der Waals surface area contributed by atoms with Crippen molar-refractivity contribution in [3.63, 3.8) is 0 Å². The van der Waals surface area contributed by atoms with E-state index in [1.54, 1.807) is 12.1 Å². The van der Waals surface area contributed by atoms with Crippen molar-refractivity contribution in [2.45, 2.75) is 31.5 Å². The number of amides is 1. The molecule has 0 radical (unpaired) electrons. The van der Waals surface area contributed by atoms with Crippen molar-refractivity contribution < 1.29 is 19.7 Å². The van der Waals surface area contributed by atoms with Crippen LogP contribution in [-0.4, -0.2) is 35.6 Å². The molecule has 5 nitrogen and oxygen atoms in total. The number of fused-ring (bicyclic) bond motifs is 3. The summed E-state index contributed by atoms with van der Waals surface area (Å²) < 4.78 is 5.49. The zero-order valence-electron chi connectivity index (χ0n) is 17.8. The van der Waals surface area contributed by atoms with Crippen LogP contribution in [0.1, 0.15) is 40.7 Å². The Labute approximate surface area is 192 Å². The summed E-state index contributed by atoms with van der Waals surface area (Å²) in [5.41, 5.74) is 6.05. The molecule has 6 heteroatoms. The van der Waals surface area contributed by atoms with E-state index in [0.717, 1.165) is 16.7 Å². The van der Waals surface area contributed by atoms with Crippen molar-refractivity contribution in [1.82, 2.24) is 5.32 Å². The topological polar surface area (TPSA) is 78.8 Å². The molecule has 0 fully saturated rings. The van der Waals surface area contributed by atoms with Gasteiger partial charge in [0.25, 0.3) is 0 Å². The highest BCUT2D eigenvalue weighted by Gasteiger charge is 2.29. The number of rotatable bonds is 7. The Morgan fingerprint density at radius 3 is 2.31 bits per heavy atom. The van der Waals surface area contributed by atoms with Crippen LogP contribution in [0, 0.1) is 6.92 Å². The third-order valence-corrected chi connectivity index (χ3v) is 6.23. The summed E-state index contributed by atoms with van der Waals surface area (Å²) in [6.07, 6.45) is -2.59. The number of aliphatic hydroxyl groups excluding tert-OH is 2. The van der Waals surface area contributed by atoms with Crippen molar-refractivity contribution in [2.24, 2.45) is 0 Å². The molecule has 1 aliphatic carbocycles. The van der Waals surface area contributed by atoms with Gasteiger partial charge in [0.15, 0.2) is 0 Å². The quantitative estimate of drug-likeness (QED) is 0.473. The van der Waals surface area contributed by atoms with Gasteiger partial charge in [0.05, 0.1) is 6.10 Å². The van der Waals surface area contributed by atoms with Gasteiger partial charge >= 0.3 is 6.09 Å². The number of nitrogens with one attached hydrogen (secondary N) is 1. The van der Waals surface area contributed by atoms with Crippen LogP contribution in [0.25, 0.3) is 11.1 Å². The highest BCUT2D eigenvalue weighted by molar-refractivity contribution is 6.31. The smallest absolute Gasteiger partial charge is 0.407 e. The van der Waals surface area contributed by atoms with E-state index in [4.69, 9.17) is 16.3 Å². The zero-order chi connectivity index (χ0) is 22.7. The van der Waals surface area contributed by atoms with Gasteiger partial charge in [0, 0.05) is 23.0 Å². The number of halogens is 1. The number of ether oxygens (including phenoxy) is 1. The van der Waals surface area contributed by atoms with Crippen LogP contribution in [0.15, 0.2) is 66.7 Å². The van der Waals surface area contributed by atoms with Gasteiger partial charge < -0.3 is 20.3 Å². The number of hydrogen-bond acceptors (Lipinski definition) is 4. The number of carbonyl (C=O) groups is 1. The Morgan fingerprint density at radius 2 is 1.66 bits per heavy atom. The molecule has 3 aromatic carbocycles. The summed E-state index contributed by atoms with van der Waals surface area (Å²) in [7, 11) is 0. The average molecular weight is 452 g/mol. The van der Waals surface area contributed by atoms with Crippen LogP contribution in [0.4, 0.5) is 4.79 Å². The van der Waals surface area contributed by atoms with Gasteiger partial charge in [-0.15, -0.1) is 0 Å². The fourth-order valence-corrected chi connectivity index (χ4v) is 4.46. The molecule has 2 atom stereocenters. The van der Waals surface area contributed by atoms with Crippen molar-refractivity contribution in [1.29, 1.82) is 0 Å². The maximum absolute atomic E-state index is 12.2.